The molecule has 106 valence electrons. The molecule has 1 aliphatic carbocycles. The molecule has 0 aliphatic heterocycles. The Morgan fingerprint density at radius 3 is 2.32 bits per heavy atom. The van der Waals surface area contributed by atoms with E-state index in [-0.39, 0.29) is 0 Å². The number of hydrogen-bond acceptors (Lipinski definition) is 2. The van der Waals surface area contributed by atoms with Crippen molar-refractivity contribution >= 4 is 45.7 Å². The smallest absolute Gasteiger partial charge is 0.0311 e. The minimum atomic E-state index is 0.909. The maximum absolute atomic E-state index is 4.38. The van der Waals surface area contributed by atoms with Crippen LogP contribution in [0.25, 0.3) is 11.4 Å². The molecule has 1 aromatic heterocycles. The quantitative estimate of drug-likeness (QED) is 0.394. The second-order valence-corrected chi connectivity index (χ2v) is 9.17. The molecule has 0 atom stereocenters. The predicted molar refractivity (Wildman–Crippen MR) is 89.1 cm³/mol. The van der Waals surface area contributed by atoms with Crippen LogP contribution in [0, 0.1) is 3.80 Å². The maximum Gasteiger partial charge on any atom is 0.0311 e. The summed E-state index contributed by atoms with van der Waals surface area (Å²) in [5, 5.41) is 3.16. The third-order valence-electron chi connectivity index (χ3n) is 2.60. The van der Waals surface area contributed by atoms with Crippen LogP contribution < -0.4 is 0 Å². The Hall–Kier alpha value is 0.468. The van der Waals surface area contributed by atoms with Gasteiger partial charge in [0.1, 0.15) is 0 Å². The molecule has 1 saturated carbocycles. The van der Waals surface area contributed by atoms with Gasteiger partial charge < -0.3 is 0 Å². The first-order valence-corrected chi connectivity index (χ1v) is 8.89. The Morgan fingerprint density at radius 2 is 1.95 bits per heavy atom. The second kappa shape index (κ2) is 7.47. The number of nitrogens with zero attached hydrogens (tertiary/aromatic N) is 3. The van der Waals surface area contributed by atoms with Gasteiger partial charge in [0.2, 0.25) is 0 Å². The summed E-state index contributed by atoms with van der Waals surface area (Å²) in [5.41, 5.74) is 1.11. The van der Waals surface area contributed by atoms with Crippen LogP contribution in [0.3, 0.4) is 0 Å². The van der Waals surface area contributed by atoms with E-state index in [0.29, 0.717) is 0 Å². The van der Waals surface area contributed by atoms with Crippen molar-refractivity contribution in [3.63, 3.8) is 0 Å². The molecule has 0 unspecified atom stereocenters. The molecule has 1 aliphatic rings. The second-order valence-electron chi connectivity index (χ2n) is 4.23. The van der Waals surface area contributed by atoms with Gasteiger partial charge in [0, 0.05) is 51.8 Å². The van der Waals surface area contributed by atoms with Crippen LogP contribution in [0.1, 0.15) is 12.8 Å². The summed E-state index contributed by atoms with van der Waals surface area (Å²) in [5.74, 6) is 0.910. The third-order valence-corrected chi connectivity index (χ3v) is 5.19. The van der Waals surface area contributed by atoms with Gasteiger partial charge >= 0.3 is 86.7 Å². The third kappa shape index (κ3) is 5.06. The van der Waals surface area contributed by atoms with E-state index in [1.807, 2.05) is 42.1 Å². The van der Waals surface area contributed by atoms with Crippen molar-refractivity contribution < 1.29 is 19.4 Å². The molecule has 1 N–H and O–H groups in total. The van der Waals surface area contributed by atoms with Crippen LogP contribution in [0.2, 0.25) is 0 Å². The van der Waals surface area contributed by atoms with Gasteiger partial charge in [-0.05, 0) is 12.8 Å². The maximum atomic E-state index is 4.38. The molecule has 2 aromatic rings. The van der Waals surface area contributed by atoms with E-state index < -0.39 is 0 Å². The van der Waals surface area contributed by atoms with Gasteiger partial charge in [-0.15, -0.1) is 0 Å². The van der Waals surface area contributed by atoms with Crippen molar-refractivity contribution in [3.8, 4) is 11.4 Å². The molecule has 0 bridgehead atoms. The Morgan fingerprint density at radius 1 is 1.32 bits per heavy atom. The molecule has 19 heavy (non-hydrogen) atoms. The fraction of sp³-hybridized carbons (Fsp3) is 0.333. The molecule has 7 heteroatoms. The van der Waals surface area contributed by atoms with Crippen LogP contribution in [0.15, 0.2) is 30.3 Å². The number of benzene rings is 1. The Kier molecular flexibility index (Phi) is 6.23. The molecular weight excluding hydrogens is 649 g/mol. The number of halogens is 2. The number of aromatic amines is 1. The topological polar surface area (TPSA) is 36.9 Å². The van der Waals surface area contributed by atoms with E-state index in [0.717, 1.165) is 21.2 Å². The van der Waals surface area contributed by atoms with Crippen LogP contribution in [0.4, 0.5) is 0 Å². The van der Waals surface area contributed by atoms with Gasteiger partial charge in [0.05, 0.1) is 0 Å². The molecule has 3 rings (SSSR count). The zero-order chi connectivity index (χ0) is 13.8. The number of nitrogens with one attached hydrogen (secondary N) is 1. The Balaban J connectivity index is 0.000000186. The number of rotatable bonds is 2. The fourth-order valence-electron chi connectivity index (χ4n) is 1.38. The molecule has 1 aromatic carbocycles. The Labute approximate surface area is 151 Å². The van der Waals surface area contributed by atoms with E-state index in [9.17, 15) is 0 Å². The number of H-pyrrole nitrogens is 1. The average molecular weight is 663 g/mol. The number of aromatic nitrogens is 3. The summed E-state index contributed by atoms with van der Waals surface area (Å²) in [4.78, 5) is 4.38. The summed E-state index contributed by atoms with van der Waals surface area (Å²) >= 11 is 6.81. The van der Waals surface area contributed by atoms with Gasteiger partial charge in [0.15, 0.2) is 0 Å². The zero-order valence-electron chi connectivity index (χ0n) is 10.3. The first-order chi connectivity index (χ1) is 9.08. The van der Waals surface area contributed by atoms with Crippen molar-refractivity contribution in [1.29, 1.82) is 0 Å². The normalized spacial score (nSPS) is 14.2. The fourth-order valence-corrected chi connectivity index (χ4v) is 2.88. The zero-order valence-corrected chi connectivity index (χ0v) is 16.9. The van der Waals surface area contributed by atoms with Gasteiger partial charge in [-0.25, -0.2) is 0 Å². The molecule has 0 radical (unpaired) electrons. The van der Waals surface area contributed by atoms with Gasteiger partial charge in [0.25, 0.3) is 0 Å². The monoisotopic (exact) mass is 663 g/mol. The molecule has 0 amide bonds. The summed E-state index contributed by atoms with van der Waals surface area (Å²) in [6.07, 6.45) is 2.82. The van der Waals surface area contributed by atoms with E-state index in [2.05, 4.69) is 76.5 Å². The van der Waals surface area contributed by atoms with Crippen molar-refractivity contribution in [2.45, 2.75) is 18.9 Å². The van der Waals surface area contributed by atoms with Crippen LogP contribution in [-0.4, -0.2) is 22.1 Å². The van der Waals surface area contributed by atoms with Gasteiger partial charge in [-0.2, -0.15) is 1.33 Å². The standard InChI is InChI=1S/C9H9N3.C3H5I2N.Pt/c1-12-7-10-9(11-12)8-5-3-2-4-6-8;4-6(5)3-1-2-3;/h2-6H,1H3,(H,10,11);3H,1-2H2;. The summed E-state index contributed by atoms with van der Waals surface area (Å²) in [7, 11) is 1.95. The minimum Gasteiger partial charge on any atom is -0.185 e. The van der Waals surface area contributed by atoms with E-state index in [1.165, 1.54) is 12.8 Å². The summed E-state index contributed by atoms with van der Waals surface area (Å²) in [6, 6.07) is 11.0. The molecule has 4 nitrogen and oxygen atoms in total. The largest absolute Gasteiger partial charge is 0.185 e. The molecule has 0 saturated heterocycles. The average Bonchev–Trinajstić information content (AvgIpc) is 3.19. The van der Waals surface area contributed by atoms with E-state index in [4.69, 9.17) is 0 Å². The van der Waals surface area contributed by atoms with E-state index >= 15 is 0 Å². The first-order valence-electron chi connectivity index (χ1n) is 5.82. The molecular formula is C12H14I2N4Pt. The number of hydrogen-bond donors (Lipinski definition) is 1. The van der Waals surface area contributed by atoms with Gasteiger partial charge in [-0.1, -0.05) is 0 Å². The predicted octanol–water partition coefficient (Wildman–Crippen LogP) is 3.64. The van der Waals surface area contributed by atoms with Crippen LogP contribution in [-0.2, 0) is 26.4 Å². The number of aryl methyl sites for hydroxylation is 1. The summed E-state index contributed by atoms with van der Waals surface area (Å²) < 4.78 is 5.07. The minimum absolute atomic E-state index is 0.909. The van der Waals surface area contributed by atoms with Crippen LogP contribution >= 0.6 is 45.7 Å². The SMILES string of the molecule is Cn1[nH]c(-c2ccccc2)n[c]1=[Pt].IN(I)C1CC1. The van der Waals surface area contributed by atoms with Crippen molar-refractivity contribution in [2.24, 2.45) is 7.05 Å². The molecule has 1 heterocycles. The van der Waals surface area contributed by atoms with Crippen LogP contribution in [0.5, 0.6) is 0 Å². The van der Waals surface area contributed by atoms with Crippen molar-refractivity contribution in [2.75, 3.05) is 0 Å². The first kappa shape index (κ1) is 15.8. The molecule has 0 spiro atoms. The molecule has 1 fully saturated rings. The van der Waals surface area contributed by atoms with Crippen molar-refractivity contribution in [3.05, 3.63) is 34.1 Å². The Bertz CT molecular complexity index is 575. The van der Waals surface area contributed by atoms with Gasteiger partial charge in [-0.3, -0.25) is 0 Å². The van der Waals surface area contributed by atoms with E-state index in [1.54, 1.807) is 0 Å². The van der Waals surface area contributed by atoms with Crippen molar-refractivity contribution in [1.82, 2.24) is 16.1 Å². The summed E-state index contributed by atoms with van der Waals surface area (Å²) in [6.45, 7) is 0.